The van der Waals surface area contributed by atoms with Crippen molar-refractivity contribution in [2.24, 2.45) is 5.73 Å². The van der Waals surface area contributed by atoms with Crippen molar-refractivity contribution in [3.05, 3.63) is 63.8 Å². The summed E-state index contributed by atoms with van der Waals surface area (Å²) in [5.74, 6) is 1.27. The van der Waals surface area contributed by atoms with Gasteiger partial charge in [-0.2, -0.15) is 0 Å². The number of halogens is 2. The molecule has 0 saturated heterocycles. The van der Waals surface area contributed by atoms with Gasteiger partial charge >= 0.3 is 0 Å². The van der Waals surface area contributed by atoms with Gasteiger partial charge in [0.1, 0.15) is 24.7 Å². The van der Waals surface area contributed by atoms with Crippen LogP contribution in [0.25, 0.3) is 10.9 Å². The maximum Gasteiger partial charge on any atom is 0.138 e. The van der Waals surface area contributed by atoms with Gasteiger partial charge in [0, 0.05) is 28.2 Å². The molecule has 0 saturated carbocycles. The Hall–Kier alpha value is -2.01. The van der Waals surface area contributed by atoms with Crippen LogP contribution in [0.3, 0.4) is 0 Å². The predicted molar refractivity (Wildman–Crippen MR) is 102 cm³/mol. The highest BCUT2D eigenvalue weighted by Gasteiger charge is 2.13. The first kappa shape index (κ1) is 17.8. The summed E-state index contributed by atoms with van der Waals surface area (Å²) in [6.07, 6.45) is 0. The van der Waals surface area contributed by atoms with E-state index in [1.807, 2.05) is 37.3 Å². The van der Waals surface area contributed by atoms with Crippen LogP contribution < -0.4 is 15.2 Å². The molecule has 0 fully saturated rings. The molecule has 0 bridgehead atoms. The average molecular weight is 377 g/mol. The van der Waals surface area contributed by atoms with Gasteiger partial charge in [-0.1, -0.05) is 29.3 Å². The highest BCUT2D eigenvalue weighted by molar-refractivity contribution is 6.36. The van der Waals surface area contributed by atoms with Crippen molar-refractivity contribution >= 4 is 34.1 Å². The molecule has 1 heterocycles. The Labute approximate surface area is 156 Å². The summed E-state index contributed by atoms with van der Waals surface area (Å²) in [5, 5.41) is 1.99. The monoisotopic (exact) mass is 376 g/mol. The first-order chi connectivity index (χ1) is 12.1. The third-order valence-electron chi connectivity index (χ3n) is 3.71. The van der Waals surface area contributed by atoms with Gasteiger partial charge in [-0.25, -0.2) is 0 Å². The van der Waals surface area contributed by atoms with E-state index in [9.17, 15) is 0 Å². The molecule has 0 aliphatic heterocycles. The van der Waals surface area contributed by atoms with Crippen molar-refractivity contribution in [3.8, 4) is 11.5 Å². The lowest BCUT2D eigenvalue weighted by molar-refractivity contribution is 0.303. The first-order valence-electron chi connectivity index (χ1n) is 7.88. The second-order valence-electron chi connectivity index (χ2n) is 5.57. The maximum atomic E-state index is 6.39. The van der Waals surface area contributed by atoms with E-state index in [2.05, 4.69) is 4.98 Å². The molecule has 0 unspecified atom stereocenters. The Morgan fingerprint density at radius 3 is 2.68 bits per heavy atom. The van der Waals surface area contributed by atoms with Crippen LogP contribution in [0.1, 0.15) is 11.3 Å². The minimum atomic E-state index is 0.238. The molecule has 6 heteroatoms. The molecule has 4 nitrogen and oxygen atoms in total. The summed E-state index contributed by atoms with van der Waals surface area (Å²) >= 11 is 12.6. The number of hydrogen-bond acceptors (Lipinski definition) is 4. The number of pyridine rings is 1. The first-order valence-corrected chi connectivity index (χ1v) is 8.64. The van der Waals surface area contributed by atoms with Gasteiger partial charge in [-0.05, 0) is 43.3 Å². The smallest absolute Gasteiger partial charge is 0.138 e. The molecule has 0 spiro atoms. The van der Waals surface area contributed by atoms with E-state index >= 15 is 0 Å². The number of fused-ring (bicyclic) bond motifs is 1. The molecule has 3 aromatic rings. The second kappa shape index (κ2) is 7.91. The molecule has 0 radical (unpaired) electrons. The number of aryl methyl sites for hydroxylation is 1. The zero-order valence-corrected chi connectivity index (χ0v) is 15.3. The van der Waals surface area contributed by atoms with Crippen molar-refractivity contribution < 1.29 is 9.47 Å². The van der Waals surface area contributed by atoms with Gasteiger partial charge in [0.25, 0.3) is 0 Å². The zero-order valence-electron chi connectivity index (χ0n) is 13.8. The molecular weight excluding hydrogens is 359 g/mol. The Kier molecular flexibility index (Phi) is 5.63. The van der Waals surface area contributed by atoms with Gasteiger partial charge in [0.15, 0.2) is 0 Å². The van der Waals surface area contributed by atoms with E-state index in [0.717, 1.165) is 22.3 Å². The Bertz CT molecular complexity index is 900. The van der Waals surface area contributed by atoms with Crippen molar-refractivity contribution in [1.29, 1.82) is 0 Å². The lowest BCUT2D eigenvalue weighted by Gasteiger charge is -2.13. The average Bonchev–Trinajstić information content (AvgIpc) is 2.61. The third-order valence-corrected chi connectivity index (χ3v) is 4.48. The summed E-state index contributed by atoms with van der Waals surface area (Å²) < 4.78 is 11.4. The number of ether oxygens (including phenoxy) is 2. The van der Waals surface area contributed by atoms with Crippen LogP contribution in [0.4, 0.5) is 0 Å². The van der Waals surface area contributed by atoms with Crippen LogP contribution >= 0.6 is 23.2 Å². The lowest BCUT2D eigenvalue weighted by Crippen LogP contribution is -2.11. The lowest BCUT2D eigenvalue weighted by atomic mass is 10.2. The fraction of sp³-hybridized carbons (Fsp3) is 0.211. The molecule has 0 atom stereocenters. The molecule has 0 amide bonds. The zero-order chi connectivity index (χ0) is 17.8. The minimum absolute atomic E-state index is 0.238. The van der Waals surface area contributed by atoms with Gasteiger partial charge in [0.2, 0.25) is 0 Å². The van der Waals surface area contributed by atoms with Gasteiger partial charge in [-0.15, -0.1) is 0 Å². The Balaban J connectivity index is 1.80. The standard InChI is InChI=1S/C19H18Cl2N2O2/c1-12-2-3-13-10-14(4-6-17(13)23-12)25-11-15-16(20)5-7-18(19(15)21)24-9-8-22/h2-7,10H,8-9,11,22H2,1H3. The number of rotatable bonds is 6. The quantitative estimate of drug-likeness (QED) is 0.673. The SMILES string of the molecule is Cc1ccc2cc(OCc3c(Cl)ccc(OCCN)c3Cl)ccc2n1. The predicted octanol–water partition coefficient (Wildman–Crippen LogP) is 4.77. The molecule has 3 rings (SSSR count). The molecule has 2 N–H and O–H groups in total. The normalized spacial score (nSPS) is 10.9. The van der Waals surface area contributed by atoms with Crippen molar-refractivity contribution in [2.75, 3.05) is 13.2 Å². The Morgan fingerprint density at radius 1 is 1.04 bits per heavy atom. The minimum Gasteiger partial charge on any atom is -0.491 e. The van der Waals surface area contributed by atoms with E-state index in [0.29, 0.717) is 34.5 Å². The maximum absolute atomic E-state index is 6.39. The summed E-state index contributed by atoms with van der Waals surface area (Å²) in [7, 11) is 0. The van der Waals surface area contributed by atoms with Gasteiger partial charge < -0.3 is 15.2 Å². The number of benzene rings is 2. The summed E-state index contributed by atoms with van der Waals surface area (Å²) in [6, 6.07) is 13.2. The van der Waals surface area contributed by atoms with Crippen molar-refractivity contribution in [1.82, 2.24) is 4.98 Å². The fourth-order valence-corrected chi connectivity index (χ4v) is 2.97. The van der Waals surface area contributed by atoms with E-state index < -0.39 is 0 Å². The summed E-state index contributed by atoms with van der Waals surface area (Å²) in [6.45, 7) is 3.00. The molecule has 1 aromatic heterocycles. The fourth-order valence-electron chi connectivity index (χ4n) is 2.44. The van der Waals surface area contributed by atoms with Gasteiger partial charge in [0.05, 0.1) is 10.5 Å². The third kappa shape index (κ3) is 4.15. The largest absolute Gasteiger partial charge is 0.491 e. The molecule has 0 aliphatic carbocycles. The van der Waals surface area contributed by atoms with Crippen LogP contribution in [-0.4, -0.2) is 18.1 Å². The topological polar surface area (TPSA) is 57.4 Å². The second-order valence-corrected chi connectivity index (χ2v) is 6.36. The number of hydrogen-bond donors (Lipinski definition) is 1. The van der Waals surface area contributed by atoms with E-state index in [4.69, 9.17) is 38.4 Å². The van der Waals surface area contributed by atoms with Crippen LogP contribution in [-0.2, 0) is 6.61 Å². The summed E-state index contributed by atoms with van der Waals surface area (Å²) in [5.41, 5.74) is 8.05. The van der Waals surface area contributed by atoms with Crippen molar-refractivity contribution in [3.63, 3.8) is 0 Å². The van der Waals surface area contributed by atoms with Crippen LogP contribution in [0.15, 0.2) is 42.5 Å². The van der Waals surface area contributed by atoms with Crippen molar-refractivity contribution in [2.45, 2.75) is 13.5 Å². The molecule has 0 aliphatic rings. The highest BCUT2D eigenvalue weighted by Crippen LogP contribution is 2.34. The van der Waals surface area contributed by atoms with Crippen LogP contribution in [0.2, 0.25) is 10.0 Å². The van der Waals surface area contributed by atoms with Crippen LogP contribution in [0, 0.1) is 6.92 Å². The van der Waals surface area contributed by atoms with E-state index in [1.165, 1.54) is 0 Å². The highest BCUT2D eigenvalue weighted by atomic mass is 35.5. The molecule has 2 aromatic carbocycles. The molecule has 25 heavy (non-hydrogen) atoms. The number of nitrogens with two attached hydrogens (primary N) is 1. The molecular formula is C19H18Cl2N2O2. The summed E-state index contributed by atoms with van der Waals surface area (Å²) in [4.78, 5) is 4.48. The Morgan fingerprint density at radius 2 is 1.88 bits per heavy atom. The number of aromatic nitrogens is 1. The number of nitrogens with zero attached hydrogens (tertiary/aromatic N) is 1. The van der Waals surface area contributed by atoms with Crippen LogP contribution in [0.5, 0.6) is 11.5 Å². The van der Waals surface area contributed by atoms with Gasteiger partial charge in [-0.3, -0.25) is 4.98 Å². The molecule has 130 valence electrons. The van der Waals surface area contributed by atoms with E-state index in [-0.39, 0.29) is 6.61 Å². The van der Waals surface area contributed by atoms with E-state index in [1.54, 1.807) is 12.1 Å².